The molecule has 0 amide bonds. The molecule has 4 heterocycles. The van der Waals surface area contributed by atoms with Crippen molar-refractivity contribution in [2.75, 3.05) is 17.6 Å². The van der Waals surface area contributed by atoms with Crippen LogP contribution in [0.1, 0.15) is 17.0 Å². The van der Waals surface area contributed by atoms with Crippen molar-refractivity contribution in [1.29, 1.82) is 0 Å². The molecule has 2 aliphatic rings. The lowest BCUT2D eigenvalue weighted by molar-refractivity contribution is 0.174. The summed E-state index contributed by atoms with van der Waals surface area (Å²) in [6.07, 6.45) is 2.15. The lowest BCUT2D eigenvalue weighted by Crippen LogP contribution is -2.18. The Balaban J connectivity index is 1.62. The molecule has 0 aliphatic carbocycles. The number of rotatable bonds is 2. The maximum Gasteiger partial charge on any atom is 0.231 e. The van der Waals surface area contributed by atoms with Gasteiger partial charge in [-0.2, -0.15) is 0 Å². The van der Waals surface area contributed by atoms with Gasteiger partial charge in [0.05, 0.1) is 23.0 Å². The second kappa shape index (κ2) is 5.46. The lowest BCUT2D eigenvalue weighted by Gasteiger charge is -2.22. The van der Waals surface area contributed by atoms with Crippen molar-refractivity contribution < 1.29 is 9.47 Å². The summed E-state index contributed by atoms with van der Waals surface area (Å²) in [6.45, 7) is 4.47. The zero-order chi connectivity index (χ0) is 17.0. The number of hydrogen-bond acceptors (Lipinski definition) is 5. The van der Waals surface area contributed by atoms with E-state index in [1.54, 1.807) is 11.8 Å². The Bertz CT molecular complexity index is 1020. The lowest BCUT2D eigenvalue weighted by atomic mass is 10.2. The molecule has 126 valence electrons. The predicted octanol–water partition coefficient (Wildman–Crippen LogP) is 4.19. The molecule has 0 saturated heterocycles. The zero-order valence-electron chi connectivity index (χ0n) is 14.0. The molecule has 3 aromatic rings. The van der Waals surface area contributed by atoms with Gasteiger partial charge in [-0.1, -0.05) is 6.07 Å². The predicted molar refractivity (Wildman–Crippen MR) is 100 cm³/mol. The molecule has 0 saturated carbocycles. The van der Waals surface area contributed by atoms with Gasteiger partial charge >= 0.3 is 0 Å². The summed E-state index contributed by atoms with van der Waals surface area (Å²) in [5.74, 6) is 2.48. The van der Waals surface area contributed by atoms with Crippen LogP contribution in [0.15, 0.2) is 41.9 Å². The average Bonchev–Trinajstić information content (AvgIpc) is 3.30. The Morgan fingerprint density at radius 1 is 1.08 bits per heavy atom. The van der Waals surface area contributed by atoms with Gasteiger partial charge in [0.25, 0.3) is 0 Å². The number of ether oxygens (including phenoxy) is 2. The van der Waals surface area contributed by atoms with Gasteiger partial charge in [0.2, 0.25) is 6.79 Å². The Kier molecular flexibility index (Phi) is 3.21. The molecule has 0 fully saturated rings. The molecule has 0 N–H and O–H groups in total. The number of fused-ring (bicyclic) bond motifs is 2. The first-order valence-electron chi connectivity index (χ1n) is 8.15. The number of anilines is 1. The quantitative estimate of drug-likeness (QED) is 0.692. The average molecular weight is 351 g/mol. The van der Waals surface area contributed by atoms with Crippen molar-refractivity contribution >= 4 is 28.8 Å². The number of benzene rings is 1. The van der Waals surface area contributed by atoms with Gasteiger partial charge in [0.15, 0.2) is 11.5 Å². The summed E-state index contributed by atoms with van der Waals surface area (Å²) < 4.78 is 13.2. The molecule has 0 unspecified atom stereocenters. The van der Waals surface area contributed by atoms with Crippen molar-refractivity contribution in [3.63, 3.8) is 0 Å². The fraction of sp³-hybridized carbons (Fsp3) is 0.211. The van der Waals surface area contributed by atoms with E-state index in [1.165, 1.54) is 11.3 Å². The van der Waals surface area contributed by atoms with E-state index >= 15 is 0 Å². The first-order chi connectivity index (χ1) is 12.2. The first-order valence-corrected chi connectivity index (χ1v) is 9.20. The van der Waals surface area contributed by atoms with Crippen LogP contribution in [0.5, 0.6) is 11.5 Å². The van der Waals surface area contributed by atoms with Gasteiger partial charge in [-0.25, -0.2) is 4.98 Å². The second-order valence-corrected chi connectivity index (χ2v) is 7.07. The van der Waals surface area contributed by atoms with Crippen molar-refractivity contribution in [3.05, 3.63) is 58.9 Å². The number of hydrogen-bond donors (Lipinski definition) is 0. The number of imidazole rings is 1. The highest BCUT2D eigenvalue weighted by Crippen LogP contribution is 2.41. The third kappa shape index (κ3) is 2.28. The minimum Gasteiger partial charge on any atom is -0.454 e. The van der Waals surface area contributed by atoms with Crippen molar-refractivity contribution in [2.24, 2.45) is 0 Å². The molecule has 1 aromatic carbocycles. The van der Waals surface area contributed by atoms with Gasteiger partial charge in [-0.05, 0) is 43.0 Å². The maximum atomic E-state index is 5.54. The van der Waals surface area contributed by atoms with E-state index in [2.05, 4.69) is 53.0 Å². The molecular weight excluding hydrogens is 334 g/mol. The van der Waals surface area contributed by atoms with E-state index in [4.69, 9.17) is 14.5 Å². The molecule has 2 aliphatic heterocycles. The zero-order valence-corrected chi connectivity index (χ0v) is 14.8. The van der Waals surface area contributed by atoms with Crippen molar-refractivity contribution in [1.82, 2.24) is 9.38 Å². The minimum absolute atomic E-state index is 0.294. The topological polar surface area (TPSA) is 39.0 Å². The van der Waals surface area contributed by atoms with E-state index in [1.807, 2.05) is 12.1 Å². The third-order valence-corrected chi connectivity index (χ3v) is 5.34. The van der Waals surface area contributed by atoms with E-state index < -0.39 is 0 Å². The smallest absolute Gasteiger partial charge is 0.231 e. The molecule has 0 bridgehead atoms. The summed E-state index contributed by atoms with van der Waals surface area (Å²) >= 11 is 1.79. The van der Waals surface area contributed by atoms with Crippen LogP contribution in [-0.2, 0) is 0 Å². The van der Waals surface area contributed by atoms with Crippen LogP contribution in [-0.4, -0.2) is 22.1 Å². The monoisotopic (exact) mass is 351 g/mol. The Morgan fingerprint density at radius 3 is 2.88 bits per heavy atom. The first kappa shape index (κ1) is 14.7. The number of aryl methyl sites for hydroxylation is 2. The molecule has 0 spiro atoms. The summed E-state index contributed by atoms with van der Waals surface area (Å²) in [4.78, 5) is 7.02. The Labute approximate surface area is 149 Å². The van der Waals surface area contributed by atoms with Crippen LogP contribution in [0, 0.1) is 13.8 Å². The van der Waals surface area contributed by atoms with Crippen LogP contribution in [0.2, 0.25) is 0 Å². The second-order valence-electron chi connectivity index (χ2n) is 6.24. The SMILES string of the molecule is Cc1ccc2nc(C)c(C3=CSCN3c3ccc4c(c3)OCO4)n2c1. The highest BCUT2D eigenvalue weighted by molar-refractivity contribution is 8.02. The van der Waals surface area contributed by atoms with Crippen molar-refractivity contribution in [2.45, 2.75) is 13.8 Å². The van der Waals surface area contributed by atoms with Crippen molar-refractivity contribution in [3.8, 4) is 11.5 Å². The molecule has 0 atom stereocenters. The molecule has 6 heteroatoms. The number of thioether (sulfide) groups is 1. The summed E-state index contributed by atoms with van der Waals surface area (Å²) in [5, 5.41) is 2.21. The van der Waals surface area contributed by atoms with Crippen LogP contribution in [0.4, 0.5) is 5.69 Å². The number of nitrogens with zero attached hydrogens (tertiary/aromatic N) is 3. The van der Waals surface area contributed by atoms with Gasteiger partial charge in [0, 0.05) is 18.0 Å². The van der Waals surface area contributed by atoms with E-state index in [0.717, 1.165) is 40.1 Å². The molecule has 5 nitrogen and oxygen atoms in total. The molecule has 5 rings (SSSR count). The molecule has 2 aromatic heterocycles. The largest absolute Gasteiger partial charge is 0.454 e. The van der Waals surface area contributed by atoms with Crippen LogP contribution < -0.4 is 14.4 Å². The number of pyridine rings is 1. The summed E-state index contributed by atoms with van der Waals surface area (Å²) in [6, 6.07) is 10.3. The minimum atomic E-state index is 0.294. The fourth-order valence-electron chi connectivity index (χ4n) is 3.35. The maximum absolute atomic E-state index is 5.54. The summed E-state index contributed by atoms with van der Waals surface area (Å²) in [7, 11) is 0. The highest BCUT2D eigenvalue weighted by Gasteiger charge is 2.25. The normalized spacial score (nSPS) is 15.9. The Hall–Kier alpha value is -2.60. The van der Waals surface area contributed by atoms with Crippen LogP contribution >= 0.6 is 11.8 Å². The van der Waals surface area contributed by atoms with E-state index in [-0.39, 0.29) is 0 Å². The fourth-order valence-corrected chi connectivity index (χ4v) is 4.26. The van der Waals surface area contributed by atoms with Crippen LogP contribution in [0.25, 0.3) is 11.3 Å². The molecule has 25 heavy (non-hydrogen) atoms. The Morgan fingerprint density at radius 2 is 1.96 bits per heavy atom. The van der Waals surface area contributed by atoms with Gasteiger partial charge in [0.1, 0.15) is 5.65 Å². The third-order valence-electron chi connectivity index (χ3n) is 4.54. The van der Waals surface area contributed by atoms with Crippen LogP contribution in [0.3, 0.4) is 0 Å². The number of aromatic nitrogens is 2. The van der Waals surface area contributed by atoms with Gasteiger partial charge in [-0.15, -0.1) is 11.8 Å². The molecule has 0 radical (unpaired) electrons. The highest BCUT2D eigenvalue weighted by atomic mass is 32.2. The van der Waals surface area contributed by atoms with E-state index in [0.29, 0.717) is 6.79 Å². The van der Waals surface area contributed by atoms with Gasteiger partial charge < -0.3 is 14.4 Å². The molecular formula is C19H17N3O2S. The summed E-state index contributed by atoms with van der Waals surface area (Å²) in [5.41, 5.74) is 6.63. The van der Waals surface area contributed by atoms with E-state index in [9.17, 15) is 0 Å². The standard InChI is InChI=1S/C19H17N3O2S/c1-12-3-6-18-20-13(2)19(21(18)8-12)15-9-25-10-22(15)14-4-5-16-17(7-14)24-11-23-16/h3-9H,10-11H2,1-2H3. The van der Waals surface area contributed by atoms with Gasteiger partial charge in [-0.3, -0.25) is 4.40 Å².